The Morgan fingerprint density at radius 2 is 1.93 bits per heavy atom. The second-order valence-corrected chi connectivity index (χ2v) is 8.34. The number of anilines is 1. The Bertz CT molecular complexity index is 938. The van der Waals surface area contributed by atoms with Crippen LogP contribution in [-0.2, 0) is 17.3 Å². The van der Waals surface area contributed by atoms with Gasteiger partial charge in [0.2, 0.25) is 11.8 Å². The summed E-state index contributed by atoms with van der Waals surface area (Å²) in [4.78, 5) is 12.2. The van der Waals surface area contributed by atoms with Gasteiger partial charge in [0.05, 0.1) is 11.4 Å². The van der Waals surface area contributed by atoms with Gasteiger partial charge in [0, 0.05) is 24.1 Å². The SMILES string of the molecule is Cc1ccc(-c2nnc(SCC(=O)Nc3cc(C(C)(C)C)no3)n2C)cc1. The zero-order valence-electron chi connectivity index (χ0n) is 16.1. The van der Waals surface area contributed by atoms with Crippen LogP contribution in [0.2, 0.25) is 0 Å². The molecule has 1 amide bonds. The number of rotatable bonds is 5. The topological polar surface area (TPSA) is 85.8 Å². The molecular weight excluding hydrogens is 362 g/mol. The van der Waals surface area contributed by atoms with Crippen LogP contribution in [0.1, 0.15) is 32.0 Å². The number of thioether (sulfide) groups is 1. The van der Waals surface area contributed by atoms with Crippen molar-refractivity contribution in [2.75, 3.05) is 11.1 Å². The third-order valence-electron chi connectivity index (χ3n) is 4.02. The summed E-state index contributed by atoms with van der Waals surface area (Å²) in [6.45, 7) is 8.14. The number of nitrogens with zero attached hydrogens (tertiary/aromatic N) is 4. The highest BCUT2D eigenvalue weighted by Gasteiger charge is 2.20. The van der Waals surface area contributed by atoms with Gasteiger partial charge in [-0.3, -0.25) is 10.1 Å². The van der Waals surface area contributed by atoms with Crippen LogP contribution >= 0.6 is 11.8 Å². The lowest BCUT2D eigenvalue weighted by atomic mass is 9.92. The van der Waals surface area contributed by atoms with Crippen LogP contribution in [0.25, 0.3) is 11.4 Å². The van der Waals surface area contributed by atoms with Crippen LogP contribution in [0, 0.1) is 6.92 Å². The normalized spacial score (nSPS) is 11.6. The minimum Gasteiger partial charge on any atom is -0.338 e. The van der Waals surface area contributed by atoms with E-state index in [1.807, 2.05) is 63.6 Å². The lowest BCUT2D eigenvalue weighted by Gasteiger charge is -2.12. The van der Waals surface area contributed by atoms with Gasteiger partial charge in [0.25, 0.3) is 0 Å². The van der Waals surface area contributed by atoms with Gasteiger partial charge in [0.15, 0.2) is 11.0 Å². The Balaban J connectivity index is 1.61. The molecule has 0 spiro atoms. The lowest BCUT2D eigenvalue weighted by molar-refractivity contribution is -0.113. The number of carbonyl (C=O) groups is 1. The number of amides is 1. The zero-order chi connectivity index (χ0) is 19.6. The molecule has 2 aromatic heterocycles. The van der Waals surface area contributed by atoms with Crippen molar-refractivity contribution in [1.82, 2.24) is 19.9 Å². The van der Waals surface area contributed by atoms with E-state index >= 15 is 0 Å². The summed E-state index contributed by atoms with van der Waals surface area (Å²) in [6.07, 6.45) is 0. The molecule has 0 radical (unpaired) electrons. The maximum Gasteiger partial charge on any atom is 0.237 e. The van der Waals surface area contributed by atoms with Crippen LogP contribution < -0.4 is 5.32 Å². The van der Waals surface area contributed by atoms with Gasteiger partial charge in [-0.1, -0.05) is 67.5 Å². The van der Waals surface area contributed by atoms with E-state index in [0.717, 1.165) is 17.1 Å². The van der Waals surface area contributed by atoms with Crippen molar-refractivity contribution in [1.29, 1.82) is 0 Å². The van der Waals surface area contributed by atoms with Crippen LogP contribution in [-0.4, -0.2) is 31.6 Å². The number of benzene rings is 1. The van der Waals surface area contributed by atoms with Crippen molar-refractivity contribution in [3.05, 3.63) is 41.6 Å². The van der Waals surface area contributed by atoms with E-state index in [4.69, 9.17) is 4.52 Å². The summed E-state index contributed by atoms with van der Waals surface area (Å²) < 4.78 is 7.07. The molecule has 3 rings (SSSR count). The fourth-order valence-electron chi connectivity index (χ4n) is 2.39. The molecule has 0 aliphatic heterocycles. The van der Waals surface area contributed by atoms with E-state index in [1.165, 1.54) is 17.3 Å². The summed E-state index contributed by atoms with van der Waals surface area (Å²) in [5.74, 6) is 1.13. The van der Waals surface area contributed by atoms with E-state index in [2.05, 4.69) is 20.7 Å². The molecule has 142 valence electrons. The standard InChI is InChI=1S/C19H23N5O2S/c1-12-6-8-13(9-7-12)17-21-22-18(24(17)5)27-11-15(25)20-16-10-14(23-26-16)19(2,3)4/h6-10H,11H2,1-5H3,(H,20,25). The molecule has 0 saturated heterocycles. The average Bonchev–Trinajstić information content (AvgIpc) is 3.21. The van der Waals surface area contributed by atoms with Crippen molar-refractivity contribution in [3.8, 4) is 11.4 Å². The summed E-state index contributed by atoms with van der Waals surface area (Å²) >= 11 is 1.32. The van der Waals surface area contributed by atoms with Crippen LogP contribution in [0.4, 0.5) is 5.88 Å². The quantitative estimate of drug-likeness (QED) is 0.672. The van der Waals surface area contributed by atoms with Gasteiger partial charge in [-0.05, 0) is 6.92 Å². The smallest absolute Gasteiger partial charge is 0.237 e. The summed E-state index contributed by atoms with van der Waals surface area (Å²) in [7, 11) is 1.89. The van der Waals surface area contributed by atoms with E-state index < -0.39 is 0 Å². The molecule has 1 aromatic carbocycles. The second kappa shape index (κ2) is 7.56. The molecule has 2 heterocycles. The van der Waals surface area contributed by atoms with Crippen molar-refractivity contribution in [2.45, 2.75) is 38.3 Å². The Morgan fingerprint density at radius 1 is 1.22 bits per heavy atom. The third-order valence-corrected chi connectivity index (χ3v) is 5.04. The van der Waals surface area contributed by atoms with Crippen LogP contribution in [0.5, 0.6) is 0 Å². The fourth-order valence-corrected chi connectivity index (χ4v) is 3.10. The molecule has 0 aliphatic carbocycles. The summed E-state index contributed by atoms with van der Waals surface area (Å²) in [5, 5.41) is 15.8. The van der Waals surface area contributed by atoms with Gasteiger partial charge in [-0.25, -0.2) is 0 Å². The van der Waals surface area contributed by atoms with Gasteiger partial charge >= 0.3 is 0 Å². The first-order valence-corrected chi connectivity index (χ1v) is 9.59. The monoisotopic (exact) mass is 385 g/mol. The number of nitrogens with one attached hydrogen (secondary N) is 1. The number of aromatic nitrogens is 4. The summed E-state index contributed by atoms with van der Waals surface area (Å²) in [5.41, 5.74) is 2.84. The number of hydrogen-bond donors (Lipinski definition) is 1. The predicted octanol–water partition coefficient (Wildman–Crippen LogP) is 3.81. The number of carbonyl (C=O) groups excluding carboxylic acids is 1. The second-order valence-electron chi connectivity index (χ2n) is 7.39. The Morgan fingerprint density at radius 3 is 2.56 bits per heavy atom. The molecule has 0 atom stereocenters. The molecule has 8 heteroatoms. The molecule has 3 aromatic rings. The highest BCUT2D eigenvalue weighted by Crippen LogP contribution is 2.25. The van der Waals surface area contributed by atoms with E-state index in [9.17, 15) is 4.79 Å². The van der Waals surface area contributed by atoms with Crippen molar-refractivity contribution < 1.29 is 9.32 Å². The lowest BCUT2D eigenvalue weighted by Crippen LogP contribution is -2.14. The van der Waals surface area contributed by atoms with Crippen molar-refractivity contribution in [3.63, 3.8) is 0 Å². The molecule has 27 heavy (non-hydrogen) atoms. The first kappa shape index (κ1) is 19.2. The van der Waals surface area contributed by atoms with E-state index in [0.29, 0.717) is 11.0 Å². The van der Waals surface area contributed by atoms with Crippen LogP contribution in [0.3, 0.4) is 0 Å². The maximum atomic E-state index is 12.2. The third kappa shape index (κ3) is 4.57. The molecule has 0 fully saturated rings. The molecule has 0 unspecified atom stereocenters. The molecule has 7 nitrogen and oxygen atoms in total. The average molecular weight is 385 g/mol. The van der Waals surface area contributed by atoms with E-state index in [-0.39, 0.29) is 17.1 Å². The Kier molecular flexibility index (Phi) is 5.36. The first-order chi connectivity index (χ1) is 12.7. The van der Waals surface area contributed by atoms with E-state index in [1.54, 1.807) is 6.07 Å². The molecular formula is C19H23N5O2S. The highest BCUT2D eigenvalue weighted by atomic mass is 32.2. The zero-order valence-corrected chi connectivity index (χ0v) is 16.9. The van der Waals surface area contributed by atoms with Crippen molar-refractivity contribution in [2.24, 2.45) is 7.05 Å². The minimum atomic E-state index is -0.184. The van der Waals surface area contributed by atoms with Crippen LogP contribution in [0.15, 0.2) is 40.0 Å². The minimum absolute atomic E-state index is 0.133. The molecule has 0 aliphatic rings. The van der Waals surface area contributed by atoms with Gasteiger partial charge in [-0.2, -0.15) is 0 Å². The molecule has 1 N–H and O–H groups in total. The van der Waals surface area contributed by atoms with Gasteiger partial charge < -0.3 is 9.09 Å². The number of hydrogen-bond acceptors (Lipinski definition) is 6. The van der Waals surface area contributed by atoms with Gasteiger partial charge in [-0.15, -0.1) is 10.2 Å². The Labute approximate surface area is 162 Å². The first-order valence-electron chi connectivity index (χ1n) is 8.60. The fraction of sp³-hybridized carbons (Fsp3) is 0.368. The largest absolute Gasteiger partial charge is 0.338 e. The molecule has 0 bridgehead atoms. The number of aryl methyl sites for hydroxylation is 1. The van der Waals surface area contributed by atoms with Gasteiger partial charge in [0.1, 0.15) is 0 Å². The predicted molar refractivity (Wildman–Crippen MR) is 106 cm³/mol. The van der Waals surface area contributed by atoms with Crippen molar-refractivity contribution >= 4 is 23.6 Å². The highest BCUT2D eigenvalue weighted by molar-refractivity contribution is 7.99. The molecule has 0 saturated carbocycles. The Hall–Kier alpha value is -2.61. The summed E-state index contributed by atoms with van der Waals surface area (Å²) in [6, 6.07) is 9.84. The maximum absolute atomic E-state index is 12.2.